The van der Waals surface area contributed by atoms with E-state index in [4.69, 9.17) is 4.74 Å². The summed E-state index contributed by atoms with van der Waals surface area (Å²) in [6, 6.07) is 15.3. The molecule has 2 aliphatic heterocycles. The Morgan fingerprint density at radius 1 is 1.07 bits per heavy atom. The first-order chi connectivity index (χ1) is 14.2. The molecule has 0 aromatic heterocycles. The summed E-state index contributed by atoms with van der Waals surface area (Å²) >= 11 is 0. The van der Waals surface area contributed by atoms with Crippen LogP contribution >= 0.6 is 0 Å². The van der Waals surface area contributed by atoms with E-state index in [2.05, 4.69) is 47.4 Å². The average Bonchev–Trinajstić information content (AvgIpc) is 2.76. The summed E-state index contributed by atoms with van der Waals surface area (Å²) < 4.78 is 5.63. The third kappa shape index (κ3) is 5.16. The molecule has 0 aliphatic carbocycles. The number of rotatable bonds is 5. The van der Waals surface area contributed by atoms with E-state index in [9.17, 15) is 4.79 Å². The third-order valence-corrected chi connectivity index (χ3v) is 6.33. The van der Waals surface area contributed by atoms with Crippen molar-refractivity contribution in [1.82, 2.24) is 4.90 Å². The lowest BCUT2D eigenvalue weighted by atomic mass is 9.84. The molecule has 3 nitrogen and oxygen atoms in total. The molecule has 4 rings (SSSR count). The van der Waals surface area contributed by atoms with Gasteiger partial charge in [0.25, 0.3) is 0 Å². The summed E-state index contributed by atoms with van der Waals surface area (Å²) in [5, 5.41) is 2.46. The highest BCUT2D eigenvalue weighted by atomic mass is 16.5. The van der Waals surface area contributed by atoms with Gasteiger partial charge < -0.3 is 4.74 Å². The van der Waals surface area contributed by atoms with Crippen LogP contribution in [0, 0.1) is 5.92 Å². The second-order valence-corrected chi connectivity index (χ2v) is 8.46. The van der Waals surface area contributed by atoms with Crippen molar-refractivity contribution in [3.8, 4) is 0 Å². The lowest BCUT2D eigenvalue weighted by Crippen LogP contribution is -2.49. The number of carbonyl (C=O) groups is 1. The molecule has 0 bridgehead atoms. The van der Waals surface area contributed by atoms with Gasteiger partial charge in [-0.3, -0.25) is 4.90 Å². The van der Waals surface area contributed by atoms with Gasteiger partial charge in [-0.05, 0) is 73.7 Å². The Kier molecular flexibility index (Phi) is 6.46. The summed E-state index contributed by atoms with van der Waals surface area (Å²) in [4.78, 5) is 14.9. The molecular formula is C26H31NO2. The van der Waals surface area contributed by atoms with Crippen molar-refractivity contribution in [1.29, 1.82) is 0 Å². The van der Waals surface area contributed by atoms with Crippen LogP contribution in [0.2, 0.25) is 0 Å². The molecule has 2 aromatic rings. The molecule has 0 saturated carbocycles. The van der Waals surface area contributed by atoms with Gasteiger partial charge in [-0.15, -0.1) is 0 Å². The summed E-state index contributed by atoms with van der Waals surface area (Å²) in [7, 11) is 0. The molecule has 0 amide bonds. The van der Waals surface area contributed by atoms with Gasteiger partial charge in [0.15, 0.2) is 0 Å². The fourth-order valence-electron chi connectivity index (χ4n) is 4.78. The van der Waals surface area contributed by atoms with Crippen LogP contribution in [0.4, 0.5) is 0 Å². The lowest BCUT2D eigenvalue weighted by Gasteiger charge is -2.44. The molecule has 152 valence electrons. The van der Waals surface area contributed by atoms with Gasteiger partial charge in [-0.25, -0.2) is 4.79 Å². The molecule has 0 radical (unpaired) electrons. The zero-order chi connectivity index (χ0) is 20.1. The Labute approximate surface area is 174 Å². The number of benzene rings is 2. The molecular weight excluding hydrogens is 358 g/mol. The van der Waals surface area contributed by atoms with Crippen LogP contribution in [0.25, 0.3) is 16.8 Å². The van der Waals surface area contributed by atoms with Crippen molar-refractivity contribution in [2.45, 2.75) is 45.1 Å². The van der Waals surface area contributed by atoms with Gasteiger partial charge >= 0.3 is 5.97 Å². The van der Waals surface area contributed by atoms with Crippen molar-refractivity contribution in [2.24, 2.45) is 5.92 Å². The van der Waals surface area contributed by atoms with E-state index < -0.39 is 0 Å². The maximum absolute atomic E-state index is 12.3. The maximum Gasteiger partial charge on any atom is 0.331 e. The van der Waals surface area contributed by atoms with Gasteiger partial charge in [0, 0.05) is 18.0 Å². The molecule has 29 heavy (non-hydrogen) atoms. The fourth-order valence-corrected chi connectivity index (χ4v) is 4.78. The minimum Gasteiger partial charge on any atom is -0.462 e. The van der Waals surface area contributed by atoms with E-state index in [0.717, 1.165) is 11.1 Å². The van der Waals surface area contributed by atoms with Crippen LogP contribution in [0.3, 0.4) is 0 Å². The standard InChI is InChI=1S/C26H31NO2/c1-20(11-12-21-13-14-22-7-2-3-8-23(22)18-21)17-26(28)29-19-24-9-6-16-27-15-5-4-10-25(24)27/h2-3,7-8,11-14,17-18,24-25H,4-6,9-10,15-16,19H2,1H3/t24-,25-/m1/s1. The molecule has 2 aromatic carbocycles. The number of fused-ring (bicyclic) bond motifs is 2. The van der Waals surface area contributed by atoms with Crippen LogP contribution in [0.5, 0.6) is 0 Å². The number of esters is 1. The molecule has 2 heterocycles. The number of nitrogens with zero attached hydrogens (tertiary/aromatic N) is 1. The number of ether oxygens (including phenoxy) is 1. The molecule has 0 spiro atoms. The lowest BCUT2D eigenvalue weighted by molar-refractivity contribution is -0.140. The SMILES string of the molecule is CC(C=Cc1ccc2ccccc2c1)=CC(=O)OC[C@H]1CCCN2CCCC[C@H]12. The predicted octanol–water partition coefficient (Wildman–Crippen LogP) is 5.61. The topological polar surface area (TPSA) is 29.5 Å². The van der Waals surface area contributed by atoms with Crippen molar-refractivity contribution >= 4 is 22.8 Å². The zero-order valence-corrected chi connectivity index (χ0v) is 17.3. The van der Waals surface area contributed by atoms with Gasteiger partial charge in [0.1, 0.15) is 0 Å². The smallest absolute Gasteiger partial charge is 0.331 e. The molecule has 2 atom stereocenters. The Morgan fingerprint density at radius 3 is 2.79 bits per heavy atom. The number of allylic oxidation sites excluding steroid dienone is 2. The first-order valence-corrected chi connectivity index (χ1v) is 10.9. The highest BCUT2D eigenvalue weighted by Gasteiger charge is 2.33. The third-order valence-electron chi connectivity index (χ3n) is 6.33. The van der Waals surface area contributed by atoms with Gasteiger partial charge in [0.05, 0.1) is 6.61 Å². The van der Waals surface area contributed by atoms with Crippen LogP contribution in [-0.4, -0.2) is 36.6 Å². The Balaban J connectivity index is 1.32. The molecule has 0 unspecified atom stereocenters. The maximum atomic E-state index is 12.3. The summed E-state index contributed by atoms with van der Waals surface area (Å²) in [5.74, 6) is 0.272. The van der Waals surface area contributed by atoms with Gasteiger partial charge in [-0.1, -0.05) is 55.0 Å². The van der Waals surface area contributed by atoms with E-state index in [-0.39, 0.29) is 5.97 Å². The fraction of sp³-hybridized carbons (Fsp3) is 0.423. The highest BCUT2D eigenvalue weighted by Crippen LogP contribution is 2.31. The molecule has 3 heteroatoms. The summed E-state index contributed by atoms with van der Waals surface area (Å²) in [6.07, 6.45) is 11.9. The molecule has 0 N–H and O–H groups in total. The second-order valence-electron chi connectivity index (χ2n) is 8.46. The van der Waals surface area contributed by atoms with E-state index in [0.29, 0.717) is 18.6 Å². The molecule has 2 saturated heterocycles. The largest absolute Gasteiger partial charge is 0.462 e. The Hall–Kier alpha value is -2.39. The first-order valence-electron chi connectivity index (χ1n) is 10.9. The quantitative estimate of drug-likeness (QED) is 0.378. The number of hydrogen-bond acceptors (Lipinski definition) is 3. The summed E-state index contributed by atoms with van der Waals surface area (Å²) in [6.45, 7) is 4.93. The minimum absolute atomic E-state index is 0.224. The van der Waals surface area contributed by atoms with Crippen molar-refractivity contribution in [3.63, 3.8) is 0 Å². The predicted molar refractivity (Wildman–Crippen MR) is 120 cm³/mol. The van der Waals surface area contributed by atoms with Crippen LogP contribution < -0.4 is 0 Å². The number of hydrogen-bond donors (Lipinski definition) is 0. The van der Waals surface area contributed by atoms with Gasteiger partial charge in [0.2, 0.25) is 0 Å². The number of piperidine rings is 2. The monoisotopic (exact) mass is 389 g/mol. The minimum atomic E-state index is -0.224. The second kappa shape index (κ2) is 9.41. The van der Waals surface area contributed by atoms with Crippen molar-refractivity contribution in [2.75, 3.05) is 19.7 Å². The molecule has 2 fully saturated rings. The van der Waals surface area contributed by atoms with Crippen LogP contribution in [0.1, 0.15) is 44.6 Å². The van der Waals surface area contributed by atoms with E-state index in [1.165, 1.54) is 56.0 Å². The van der Waals surface area contributed by atoms with E-state index in [1.54, 1.807) is 6.08 Å². The van der Waals surface area contributed by atoms with Crippen LogP contribution in [0.15, 0.2) is 60.2 Å². The van der Waals surface area contributed by atoms with Crippen LogP contribution in [-0.2, 0) is 9.53 Å². The Morgan fingerprint density at radius 2 is 1.90 bits per heavy atom. The zero-order valence-electron chi connectivity index (χ0n) is 17.3. The normalized spacial score (nSPS) is 23.3. The summed E-state index contributed by atoms with van der Waals surface area (Å²) in [5.41, 5.74) is 2.04. The van der Waals surface area contributed by atoms with Gasteiger partial charge in [-0.2, -0.15) is 0 Å². The number of carbonyl (C=O) groups excluding carboxylic acids is 1. The Bertz CT molecular complexity index is 912. The highest BCUT2D eigenvalue weighted by molar-refractivity contribution is 5.85. The average molecular weight is 390 g/mol. The molecule has 2 aliphatic rings. The van der Waals surface area contributed by atoms with Crippen molar-refractivity contribution < 1.29 is 9.53 Å². The van der Waals surface area contributed by atoms with E-state index in [1.807, 2.05) is 19.1 Å². The first kappa shape index (κ1) is 19.9. The van der Waals surface area contributed by atoms with E-state index >= 15 is 0 Å². The van der Waals surface area contributed by atoms with Crippen molar-refractivity contribution in [3.05, 3.63) is 65.8 Å².